The van der Waals surface area contributed by atoms with Crippen LogP contribution in [0.1, 0.15) is 36.4 Å². The average Bonchev–Trinajstić information content (AvgIpc) is 3.29. The Labute approximate surface area is 148 Å². The summed E-state index contributed by atoms with van der Waals surface area (Å²) >= 11 is 1.36. The summed E-state index contributed by atoms with van der Waals surface area (Å²) in [7, 11) is -1.43. The highest BCUT2D eigenvalue weighted by molar-refractivity contribution is 7.91. The monoisotopic (exact) mass is 367 g/mol. The van der Waals surface area contributed by atoms with E-state index in [1.54, 1.807) is 6.07 Å². The summed E-state index contributed by atoms with van der Waals surface area (Å²) in [5.74, 6) is 0. The van der Waals surface area contributed by atoms with Crippen molar-refractivity contribution >= 4 is 21.4 Å². The van der Waals surface area contributed by atoms with Crippen LogP contribution in [0.4, 0.5) is 0 Å². The molecule has 2 aromatic rings. The molecule has 1 N–H and O–H groups in total. The van der Waals surface area contributed by atoms with Crippen molar-refractivity contribution in [2.24, 2.45) is 7.05 Å². The molecule has 5 nitrogen and oxygen atoms in total. The molecule has 1 aliphatic heterocycles. The van der Waals surface area contributed by atoms with Crippen LogP contribution in [0.2, 0.25) is 0 Å². The third kappa shape index (κ3) is 3.74. The van der Waals surface area contributed by atoms with Gasteiger partial charge in [0.15, 0.2) is 0 Å². The summed E-state index contributed by atoms with van der Waals surface area (Å²) in [5.41, 5.74) is 1.15. The van der Waals surface area contributed by atoms with Gasteiger partial charge in [0.2, 0.25) is 10.0 Å². The minimum absolute atomic E-state index is 0.0767. The Bertz CT molecular complexity index is 773. The van der Waals surface area contributed by atoms with Gasteiger partial charge in [-0.25, -0.2) is 13.1 Å². The van der Waals surface area contributed by atoms with Crippen molar-refractivity contribution < 1.29 is 8.42 Å². The number of rotatable bonds is 7. The highest BCUT2D eigenvalue weighted by Crippen LogP contribution is 2.26. The molecule has 0 amide bonds. The van der Waals surface area contributed by atoms with Crippen LogP contribution in [-0.4, -0.2) is 37.5 Å². The molecule has 7 heteroatoms. The number of aryl methyl sites for hydroxylation is 2. The Morgan fingerprint density at radius 1 is 1.25 bits per heavy atom. The largest absolute Gasteiger partial charge is 0.353 e. The zero-order valence-corrected chi connectivity index (χ0v) is 15.9. The molecule has 2 aromatic heterocycles. The zero-order valence-electron chi connectivity index (χ0n) is 14.2. The molecular formula is C17H25N3O2S2. The van der Waals surface area contributed by atoms with Gasteiger partial charge in [0, 0.05) is 30.4 Å². The van der Waals surface area contributed by atoms with Gasteiger partial charge in [-0.15, -0.1) is 11.3 Å². The second kappa shape index (κ2) is 7.39. The topological polar surface area (TPSA) is 54.3 Å². The van der Waals surface area contributed by atoms with Crippen molar-refractivity contribution in [2.75, 3.05) is 19.6 Å². The van der Waals surface area contributed by atoms with Crippen LogP contribution >= 0.6 is 11.3 Å². The van der Waals surface area contributed by atoms with E-state index in [1.807, 2.05) is 32.3 Å². The molecule has 0 radical (unpaired) electrons. The summed E-state index contributed by atoms with van der Waals surface area (Å²) in [6.45, 7) is 4.49. The molecule has 132 valence electrons. The Morgan fingerprint density at radius 3 is 2.58 bits per heavy atom. The average molecular weight is 368 g/mol. The van der Waals surface area contributed by atoms with Gasteiger partial charge in [-0.05, 0) is 56.6 Å². The minimum Gasteiger partial charge on any atom is -0.353 e. The van der Waals surface area contributed by atoms with Crippen LogP contribution in [0, 0.1) is 0 Å². The van der Waals surface area contributed by atoms with Crippen molar-refractivity contribution in [1.29, 1.82) is 0 Å². The summed E-state index contributed by atoms with van der Waals surface area (Å²) in [6.07, 6.45) is 5.23. The lowest BCUT2D eigenvalue weighted by molar-refractivity contribution is 0.238. The standard InChI is InChI=1S/C17H25N3O2S2/c1-3-14-8-9-17(23-14)24(21,22)18-13-16(20-11-4-5-12-20)15-7-6-10-19(15)2/h6-10,16,18H,3-5,11-13H2,1-2H3. The van der Waals surface area contributed by atoms with Gasteiger partial charge in [0.05, 0.1) is 6.04 Å². The fraction of sp³-hybridized carbons (Fsp3) is 0.529. The first-order valence-electron chi connectivity index (χ1n) is 8.45. The molecule has 1 saturated heterocycles. The second-order valence-electron chi connectivity index (χ2n) is 6.23. The van der Waals surface area contributed by atoms with E-state index in [0.717, 1.165) is 30.1 Å². The molecule has 0 saturated carbocycles. The molecular weight excluding hydrogens is 342 g/mol. The number of nitrogens with one attached hydrogen (secondary N) is 1. The summed E-state index contributed by atoms with van der Waals surface area (Å²) in [4.78, 5) is 3.47. The first-order valence-corrected chi connectivity index (χ1v) is 10.7. The van der Waals surface area contributed by atoms with Crippen LogP contribution in [0.3, 0.4) is 0 Å². The third-order valence-electron chi connectivity index (χ3n) is 4.62. The molecule has 3 heterocycles. The van der Waals surface area contributed by atoms with Gasteiger partial charge < -0.3 is 4.57 Å². The van der Waals surface area contributed by atoms with E-state index in [9.17, 15) is 8.42 Å². The van der Waals surface area contributed by atoms with Crippen LogP contribution in [-0.2, 0) is 23.5 Å². The van der Waals surface area contributed by atoms with Crippen molar-refractivity contribution in [3.05, 3.63) is 41.0 Å². The van der Waals surface area contributed by atoms with Crippen LogP contribution < -0.4 is 4.72 Å². The first-order chi connectivity index (χ1) is 11.5. The molecule has 0 aromatic carbocycles. The fourth-order valence-electron chi connectivity index (χ4n) is 3.25. The number of aromatic nitrogens is 1. The first kappa shape index (κ1) is 17.7. The van der Waals surface area contributed by atoms with Crippen molar-refractivity contribution in [3.8, 4) is 0 Å². The molecule has 1 fully saturated rings. The van der Waals surface area contributed by atoms with Crippen molar-refractivity contribution in [1.82, 2.24) is 14.2 Å². The lowest BCUT2D eigenvalue weighted by atomic mass is 10.2. The highest BCUT2D eigenvalue weighted by Gasteiger charge is 2.27. The third-order valence-corrected chi connectivity index (χ3v) is 7.77. The second-order valence-corrected chi connectivity index (χ2v) is 9.39. The zero-order chi connectivity index (χ0) is 17.2. The lowest BCUT2D eigenvalue weighted by Crippen LogP contribution is -2.37. The maximum Gasteiger partial charge on any atom is 0.250 e. The van der Waals surface area contributed by atoms with E-state index in [0.29, 0.717) is 10.8 Å². The number of sulfonamides is 1. The van der Waals surface area contributed by atoms with Crippen LogP contribution in [0.25, 0.3) is 0 Å². The molecule has 1 aliphatic rings. The molecule has 1 unspecified atom stereocenters. The maximum atomic E-state index is 12.6. The van der Waals surface area contributed by atoms with Gasteiger partial charge in [0.1, 0.15) is 4.21 Å². The minimum atomic E-state index is -3.45. The van der Waals surface area contributed by atoms with Crippen LogP contribution in [0.15, 0.2) is 34.7 Å². The predicted octanol–water partition coefficient (Wildman–Crippen LogP) is 2.76. The highest BCUT2D eigenvalue weighted by atomic mass is 32.2. The Hall–Kier alpha value is -1.15. The van der Waals surface area contributed by atoms with Crippen molar-refractivity contribution in [3.63, 3.8) is 0 Å². The summed E-state index contributed by atoms with van der Waals surface area (Å²) < 4.78 is 30.5. The maximum absolute atomic E-state index is 12.6. The summed E-state index contributed by atoms with van der Waals surface area (Å²) in [5, 5.41) is 0. The van der Waals surface area contributed by atoms with E-state index in [2.05, 4.69) is 20.3 Å². The van der Waals surface area contributed by atoms with Crippen molar-refractivity contribution in [2.45, 2.75) is 36.4 Å². The molecule has 3 rings (SSSR count). The predicted molar refractivity (Wildman–Crippen MR) is 97.8 cm³/mol. The van der Waals surface area contributed by atoms with E-state index < -0.39 is 10.0 Å². The van der Waals surface area contributed by atoms with E-state index in [1.165, 1.54) is 24.2 Å². The Morgan fingerprint density at radius 2 is 2.00 bits per heavy atom. The quantitative estimate of drug-likeness (QED) is 0.819. The summed E-state index contributed by atoms with van der Waals surface area (Å²) in [6, 6.07) is 7.78. The van der Waals surface area contributed by atoms with Gasteiger partial charge in [-0.1, -0.05) is 6.92 Å². The van der Waals surface area contributed by atoms with Gasteiger partial charge in [0.25, 0.3) is 0 Å². The SMILES string of the molecule is CCc1ccc(S(=O)(=O)NCC(c2cccn2C)N2CCCC2)s1. The Kier molecular flexibility index (Phi) is 5.44. The van der Waals surface area contributed by atoms with Crippen LogP contribution in [0.5, 0.6) is 0 Å². The van der Waals surface area contributed by atoms with Gasteiger partial charge >= 0.3 is 0 Å². The molecule has 24 heavy (non-hydrogen) atoms. The number of hydrogen-bond acceptors (Lipinski definition) is 4. The molecule has 0 spiro atoms. The lowest BCUT2D eigenvalue weighted by Gasteiger charge is -2.28. The van der Waals surface area contributed by atoms with Gasteiger partial charge in [-0.3, -0.25) is 4.90 Å². The fourth-order valence-corrected chi connectivity index (χ4v) is 5.63. The Balaban J connectivity index is 1.76. The van der Waals surface area contributed by atoms with E-state index in [4.69, 9.17) is 0 Å². The number of likely N-dealkylation sites (tertiary alicyclic amines) is 1. The number of thiophene rings is 1. The smallest absolute Gasteiger partial charge is 0.250 e. The number of nitrogens with zero attached hydrogens (tertiary/aromatic N) is 2. The van der Waals surface area contributed by atoms with E-state index in [-0.39, 0.29) is 6.04 Å². The number of hydrogen-bond donors (Lipinski definition) is 1. The normalized spacial score (nSPS) is 17.4. The molecule has 0 aliphatic carbocycles. The van der Waals surface area contributed by atoms with E-state index >= 15 is 0 Å². The van der Waals surface area contributed by atoms with Gasteiger partial charge in [-0.2, -0.15) is 0 Å². The molecule has 1 atom stereocenters. The molecule has 0 bridgehead atoms.